The third-order valence-corrected chi connectivity index (χ3v) is 3.44. The van der Waals surface area contributed by atoms with Gasteiger partial charge < -0.3 is 10.2 Å². The smallest absolute Gasteiger partial charge is 0.234 e. The zero-order valence-electron chi connectivity index (χ0n) is 12.3. The summed E-state index contributed by atoms with van der Waals surface area (Å²) in [4.78, 5) is 24.6. The van der Waals surface area contributed by atoms with Gasteiger partial charge in [-0.15, -0.1) is 0 Å². The Bertz CT molecular complexity index is 451. The molecular formula is C14H23N5O. The molecule has 6 heteroatoms. The molecule has 2 rings (SSSR count). The normalized spacial score (nSPS) is 16.8. The highest BCUT2D eigenvalue weighted by Crippen LogP contribution is 2.13. The molecule has 1 fully saturated rings. The number of rotatable bonds is 4. The van der Waals surface area contributed by atoms with Gasteiger partial charge in [0.1, 0.15) is 12.1 Å². The lowest BCUT2D eigenvalue weighted by molar-refractivity contribution is -0.122. The van der Waals surface area contributed by atoms with E-state index in [0.29, 0.717) is 13.1 Å². The largest absolute Gasteiger partial charge is 0.355 e. The summed E-state index contributed by atoms with van der Waals surface area (Å²) < 4.78 is 0. The topological polar surface area (TPSA) is 61.4 Å². The Morgan fingerprint density at radius 2 is 2.15 bits per heavy atom. The molecule has 0 atom stereocenters. The van der Waals surface area contributed by atoms with Crippen LogP contribution in [0.1, 0.15) is 19.0 Å². The van der Waals surface area contributed by atoms with Crippen LogP contribution in [0.15, 0.2) is 12.4 Å². The molecule has 1 saturated heterocycles. The van der Waals surface area contributed by atoms with E-state index in [1.807, 2.05) is 19.9 Å². The zero-order chi connectivity index (χ0) is 14.4. The fourth-order valence-corrected chi connectivity index (χ4v) is 2.43. The Labute approximate surface area is 120 Å². The SMILES string of the molecule is CCNC(=O)CN1CCCN(c2cc(C)ncn2)CC1. The van der Waals surface area contributed by atoms with Crippen LogP contribution in [0.4, 0.5) is 5.82 Å². The van der Waals surface area contributed by atoms with E-state index in [4.69, 9.17) is 0 Å². The predicted octanol–water partition coefficient (Wildman–Crippen LogP) is 0.433. The lowest BCUT2D eigenvalue weighted by Crippen LogP contribution is -2.39. The summed E-state index contributed by atoms with van der Waals surface area (Å²) in [5.74, 6) is 1.09. The van der Waals surface area contributed by atoms with Crippen molar-refractivity contribution in [3.8, 4) is 0 Å². The summed E-state index contributed by atoms with van der Waals surface area (Å²) in [5, 5.41) is 2.85. The average Bonchev–Trinajstić information content (AvgIpc) is 2.64. The molecule has 2 heterocycles. The van der Waals surface area contributed by atoms with Gasteiger partial charge in [-0.1, -0.05) is 0 Å². The Morgan fingerprint density at radius 3 is 2.90 bits per heavy atom. The first-order valence-electron chi connectivity index (χ1n) is 7.21. The maximum absolute atomic E-state index is 11.6. The number of anilines is 1. The summed E-state index contributed by atoms with van der Waals surface area (Å²) in [6.45, 7) is 8.82. The van der Waals surface area contributed by atoms with Crippen molar-refractivity contribution < 1.29 is 4.79 Å². The molecule has 110 valence electrons. The van der Waals surface area contributed by atoms with Gasteiger partial charge in [-0.3, -0.25) is 9.69 Å². The second kappa shape index (κ2) is 7.19. The predicted molar refractivity (Wildman–Crippen MR) is 78.7 cm³/mol. The van der Waals surface area contributed by atoms with Crippen molar-refractivity contribution in [3.05, 3.63) is 18.1 Å². The lowest BCUT2D eigenvalue weighted by atomic mass is 10.3. The highest BCUT2D eigenvalue weighted by molar-refractivity contribution is 5.77. The molecule has 1 aromatic rings. The van der Waals surface area contributed by atoms with E-state index in [1.54, 1.807) is 6.33 Å². The number of carbonyl (C=O) groups is 1. The number of carbonyl (C=O) groups excluding carboxylic acids is 1. The van der Waals surface area contributed by atoms with Gasteiger partial charge in [0, 0.05) is 44.5 Å². The Kier molecular flexibility index (Phi) is 5.29. The van der Waals surface area contributed by atoms with Crippen LogP contribution in [-0.2, 0) is 4.79 Å². The maximum atomic E-state index is 11.6. The summed E-state index contributed by atoms with van der Waals surface area (Å²) in [6.07, 6.45) is 2.66. The van der Waals surface area contributed by atoms with E-state index in [9.17, 15) is 4.79 Å². The Morgan fingerprint density at radius 1 is 1.30 bits per heavy atom. The van der Waals surface area contributed by atoms with Crippen LogP contribution in [0, 0.1) is 6.92 Å². The molecule has 20 heavy (non-hydrogen) atoms. The second-order valence-electron chi connectivity index (χ2n) is 5.09. The molecule has 0 spiro atoms. The molecule has 0 bridgehead atoms. The van der Waals surface area contributed by atoms with Crippen LogP contribution >= 0.6 is 0 Å². The van der Waals surface area contributed by atoms with Gasteiger partial charge in [0.25, 0.3) is 0 Å². The molecule has 1 aliphatic rings. The van der Waals surface area contributed by atoms with Crippen molar-refractivity contribution in [1.29, 1.82) is 0 Å². The van der Waals surface area contributed by atoms with Crippen molar-refractivity contribution in [3.63, 3.8) is 0 Å². The minimum Gasteiger partial charge on any atom is -0.355 e. The van der Waals surface area contributed by atoms with E-state index in [0.717, 1.165) is 44.1 Å². The highest BCUT2D eigenvalue weighted by Gasteiger charge is 2.17. The van der Waals surface area contributed by atoms with Gasteiger partial charge in [0.15, 0.2) is 0 Å². The van der Waals surface area contributed by atoms with E-state index in [-0.39, 0.29) is 5.91 Å². The summed E-state index contributed by atoms with van der Waals surface area (Å²) >= 11 is 0. The van der Waals surface area contributed by atoms with Gasteiger partial charge in [-0.05, 0) is 20.3 Å². The first-order valence-corrected chi connectivity index (χ1v) is 7.21. The van der Waals surface area contributed by atoms with Gasteiger partial charge in [-0.25, -0.2) is 9.97 Å². The monoisotopic (exact) mass is 277 g/mol. The van der Waals surface area contributed by atoms with E-state index >= 15 is 0 Å². The van der Waals surface area contributed by atoms with Crippen LogP contribution < -0.4 is 10.2 Å². The number of hydrogen-bond acceptors (Lipinski definition) is 5. The maximum Gasteiger partial charge on any atom is 0.234 e. The first-order chi connectivity index (χ1) is 9.69. The quantitative estimate of drug-likeness (QED) is 0.865. The molecule has 1 amide bonds. The van der Waals surface area contributed by atoms with E-state index < -0.39 is 0 Å². The lowest BCUT2D eigenvalue weighted by Gasteiger charge is -2.22. The fourth-order valence-electron chi connectivity index (χ4n) is 2.43. The second-order valence-corrected chi connectivity index (χ2v) is 5.09. The zero-order valence-corrected chi connectivity index (χ0v) is 12.3. The van der Waals surface area contributed by atoms with Gasteiger partial charge in [0.2, 0.25) is 5.91 Å². The number of aromatic nitrogens is 2. The van der Waals surface area contributed by atoms with Crippen molar-refractivity contribution in [2.75, 3.05) is 44.2 Å². The van der Waals surface area contributed by atoms with Crippen molar-refractivity contribution in [2.45, 2.75) is 20.3 Å². The van der Waals surface area contributed by atoms with Gasteiger partial charge >= 0.3 is 0 Å². The Balaban J connectivity index is 1.90. The fraction of sp³-hybridized carbons (Fsp3) is 0.643. The van der Waals surface area contributed by atoms with E-state index in [2.05, 4.69) is 25.1 Å². The van der Waals surface area contributed by atoms with Crippen LogP contribution in [-0.4, -0.2) is 60.0 Å². The standard InChI is InChI=1S/C14H23N5O/c1-3-15-14(20)10-18-5-4-6-19(8-7-18)13-9-12(2)16-11-17-13/h9,11H,3-8,10H2,1-2H3,(H,15,20). The molecule has 1 N–H and O–H groups in total. The van der Waals surface area contributed by atoms with Gasteiger partial charge in [0.05, 0.1) is 6.54 Å². The molecule has 0 aliphatic carbocycles. The van der Waals surface area contributed by atoms with Crippen LogP contribution in [0.3, 0.4) is 0 Å². The summed E-state index contributed by atoms with van der Waals surface area (Å²) in [6, 6.07) is 2.01. The molecule has 1 aliphatic heterocycles. The van der Waals surface area contributed by atoms with Crippen LogP contribution in [0.25, 0.3) is 0 Å². The average molecular weight is 277 g/mol. The molecule has 6 nitrogen and oxygen atoms in total. The number of hydrogen-bond donors (Lipinski definition) is 1. The number of amides is 1. The summed E-state index contributed by atoms with van der Waals surface area (Å²) in [5.41, 5.74) is 0.985. The van der Waals surface area contributed by atoms with Crippen LogP contribution in [0.2, 0.25) is 0 Å². The highest BCUT2D eigenvalue weighted by atomic mass is 16.2. The van der Waals surface area contributed by atoms with Crippen molar-refractivity contribution in [2.24, 2.45) is 0 Å². The third-order valence-electron chi connectivity index (χ3n) is 3.44. The van der Waals surface area contributed by atoms with Gasteiger partial charge in [-0.2, -0.15) is 0 Å². The molecule has 0 saturated carbocycles. The van der Waals surface area contributed by atoms with Crippen molar-refractivity contribution >= 4 is 11.7 Å². The minimum atomic E-state index is 0.110. The minimum absolute atomic E-state index is 0.110. The third kappa shape index (κ3) is 4.16. The Hall–Kier alpha value is -1.69. The van der Waals surface area contributed by atoms with Crippen molar-refractivity contribution in [1.82, 2.24) is 20.2 Å². The number of aryl methyl sites for hydroxylation is 1. The molecule has 0 unspecified atom stereocenters. The van der Waals surface area contributed by atoms with E-state index in [1.165, 1.54) is 0 Å². The molecule has 1 aromatic heterocycles. The number of nitrogens with zero attached hydrogens (tertiary/aromatic N) is 4. The first kappa shape index (κ1) is 14.7. The molecular weight excluding hydrogens is 254 g/mol. The number of nitrogens with one attached hydrogen (secondary N) is 1. The number of likely N-dealkylation sites (N-methyl/N-ethyl adjacent to an activating group) is 1. The summed E-state index contributed by atoms with van der Waals surface area (Å²) in [7, 11) is 0. The molecule has 0 radical (unpaired) electrons. The van der Waals surface area contributed by atoms with Crippen LogP contribution in [0.5, 0.6) is 0 Å². The molecule has 0 aromatic carbocycles.